The Hall–Kier alpha value is -3.57. The molecule has 3 aromatic carbocycles. The van der Waals surface area contributed by atoms with Crippen LogP contribution in [0.3, 0.4) is 0 Å². The number of nitrogens with zero attached hydrogens (tertiary/aromatic N) is 1. The third-order valence-corrected chi connectivity index (χ3v) is 4.83. The molecule has 0 radical (unpaired) electrons. The summed E-state index contributed by atoms with van der Waals surface area (Å²) in [5.74, 6) is -0.319. The minimum absolute atomic E-state index is 0.0441. The monoisotopic (exact) mass is 404 g/mol. The second kappa shape index (κ2) is 8.20. The molecule has 0 unspecified atom stereocenters. The quantitative estimate of drug-likeness (QED) is 0.507. The number of hydrazine groups is 1. The molecule has 1 saturated heterocycles. The number of ether oxygens (including phenoxy) is 1. The first-order chi connectivity index (χ1) is 14.1. The minimum atomic E-state index is -0.459. The molecule has 3 aromatic rings. The van der Waals surface area contributed by atoms with Crippen LogP contribution in [0.5, 0.6) is 5.75 Å². The van der Waals surface area contributed by atoms with Crippen LogP contribution in [0.2, 0.25) is 5.02 Å². The van der Waals surface area contributed by atoms with Gasteiger partial charge in [0.25, 0.3) is 11.8 Å². The zero-order valence-electron chi connectivity index (χ0n) is 15.3. The topological polar surface area (TPSA) is 58.6 Å². The Balaban J connectivity index is 1.59. The number of para-hydroxylation sites is 2. The highest BCUT2D eigenvalue weighted by Gasteiger charge is 2.34. The van der Waals surface area contributed by atoms with E-state index >= 15 is 0 Å². The van der Waals surface area contributed by atoms with Crippen LogP contribution in [0.4, 0.5) is 5.69 Å². The molecule has 4 rings (SSSR count). The molecule has 5 nitrogen and oxygen atoms in total. The lowest BCUT2D eigenvalue weighted by Crippen LogP contribution is -2.35. The van der Waals surface area contributed by atoms with Crippen LogP contribution in [0, 0.1) is 0 Å². The van der Waals surface area contributed by atoms with Crippen molar-refractivity contribution in [2.45, 2.75) is 6.61 Å². The smallest absolute Gasteiger partial charge is 0.282 e. The molecule has 2 amide bonds. The molecular formula is C23H17ClN2O3. The van der Waals surface area contributed by atoms with E-state index in [1.807, 2.05) is 36.4 Å². The van der Waals surface area contributed by atoms with Gasteiger partial charge in [-0.15, -0.1) is 0 Å². The van der Waals surface area contributed by atoms with Crippen molar-refractivity contribution in [2.24, 2.45) is 0 Å². The summed E-state index contributed by atoms with van der Waals surface area (Å²) in [5, 5.41) is 1.86. The molecule has 1 fully saturated rings. The standard InChI is InChI=1S/C23H17ClN2O3/c24-20-12-6-4-9-17(20)15-29-21-13-7-5-8-16(21)14-19-22(27)25-26(23(19)28)18-10-2-1-3-11-18/h1-14H,15H2,(H,25,27)/b19-14-. The Morgan fingerprint density at radius 2 is 1.59 bits per heavy atom. The van der Waals surface area contributed by atoms with Crippen LogP contribution < -0.4 is 15.2 Å². The lowest BCUT2D eigenvalue weighted by molar-refractivity contribution is -0.117. The van der Waals surface area contributed by atoms with Gasteiger partial charge in [0.1, 0.15) is 17.9 Å². The van der Waals surface area contributed by atoms with Gasteiger partial charge < -0.3 is 4.74 Å². The van der Waals surface area contributed by atoms with E-state index in [4.69, 9.17) is 16.3 Å². The number of carbonyl (C=O) groups excluding carboxylic acids is 2. The lowest BCUT2D eigenvalue weighted by atomic mass is 10.1. The van der Waals surface area contributed by atoms with Gasteiger partial charge in [-0.3, -0.25) is 15.0 Å². The molecule has 0 atom stereocenters. The molecule has 1 N–H and O–H groups in total. The summed E-state index contributed by atoms with van der Waals surface area (Å²) < 4.78 is 5.91. The third kappa shape index (κ3) is 4.00. The summed E-state index contributed by atoms with van der Waals surface area (Å²) >= 11 is 6.19. The van der Waals surface area contributed by atoms with Gasteiger partial charge in [0, 0.05) is 16.1 Å². The van der Waals surface area contributed by atoms with Crippen LogP contribution in [-0.4, -0.2) is 11.8 Å². The van der Waals surface area contributed by atoms with Crippen LogP contribution in [0.1, 0.15) is 11.1 Å². The number of carbonyl (C=O) groups is 2. The molecule has 0 spiro atoms. The third-order valence-electron chi connectivity index (χ3n) is 4.47. The molecule has 6 heteroatoms. The normalized spacial score (nSPS) is 14.9. The highest BCUT2D eigenvalue weighted by atomic mass is 35.5. The van der Waals surface area contributed by atoms with Gasteiger partial charge in [0.15, 0.2) is 0 Å². The van der Waals surface area contributed by atoms with Gasteiger partial charge in [0.2, 0.25) is 0 Å². The Morgan fingerprint density at radius 3 is 2.38 bits per heavy atom. The highest BCUT2D eigenvalue weighted by molar-refractivity contribution is 6.32. The largest absolute Gasteiger partial charge is 0.488 e. The molecule has 0 bridgehead atoms. The van der Waals surface area contributed by atoms with Crippen molar-refractivity contribution in [1.82, 2.24) is 5.43 Å². The molecule has 1 heterocycles. The van der Waals surface area contributed by atoms with Crippen LogP contribution >= 0.6 is 11.6 Å². The van der Waals surface area contributed by atoms with E-state index in [1.54, 1.807) is 48.5 Å². The van der Waals surface area contributed by atoms with Gasteiger partial charge in [-0.25, -0.2) is 5.01 Å². The zero-order chi connectivity index (χ0) is 20.2. The molecule has 29 heavy (non-hydrogen) atoms. The number of amides is 2. The first-order valence-electron chi connectivity index (χ1n) is 9.01. The molecule has 0 aromatic heterocycles. The Bertz CT molecular complexity index is 1100. The number of rotatable bonds is 5. The van der Waals surface area contributed by atoms with Crippen molar-refractivity contribution >= 4 is 35.2 Å². The first kappa shape index (κ1) is 18.8. The molecular weight excluding hydrogens is 388 g/mol. The summed E-state index contributed by atoms with van der Waals surface area (Å²) in [6, 6.07) is 23.6. The Kier molecular flexibility index (Phi) is 5.31. The average Bonchev–Trinajstić information content (AvgIpc) is 3.03. The maximum absolute atomic E-state index is 12.8. The van der Waals surface area contributed by atoms with Gasteiger partial charge >= 0.3 is 0 Å². The second-order valence-electron chi connectivity index (χ2n) is 6.39. The predicted molar refractivity (Wildman–Crippen MR) is 112 cm³/mol. The van der Waals surface area contributed by atoms with E-state index < -0.39 is 11.8 Å². The number of benzene rings is 3. The number of halogens is 1. The Morgan fingerprint density at radius 1 is 0.897 bits per heavy atom. The van der Waals surface area contributed by atoms with Crippen molar-refractivity contribution < 1.29 is 14.3 Å². The van der Waals surface area contributed by atoms with E-state index in [2.05, 4.69) is 5.43 Å². The van der Waals surface area contributed by atoms with Crippen molar-refractivity contribution in [3.63, 3.8) is 0 Å². The number of hydrogen-bond acceptors (Lipinski definition) is 3. The number of nitrogens with one attached hydrogen (secondary N) is 1. The van der Waals surface area contributed by atoms with Gasteiger partial charge in [-0.2, -0.15) is 0 Å². The fraction of sp³-hybridized carbons (Fsp3) is 0.0435. The average molecular weight is 405 g/mol. The van der Waals surface area contributed by atoms with Crippen LogP contribution in [0.25, 0.3) is 6.08 Å². The molecule has 1 aliphatic heterocycles. The van der Waals surface area contributed by atoms with E-state index in [0.29, 0.717) is 22.0 Å². The van der Waals surface area contributed by atoms with Crippen molar-refractivity contribution in [2.75, 3.05) is 5.01 Å². The summed E-state index contributed by atoms with van der Waals surface area (Å²) in [5.41, 5.74) is 4.71. The van der Waals surface area contributed by atoms with Gasteiger partial charge in [0.05, 0.1) is 5.69 Å². The maximum atomic E-state index is 12.8. The van der Waals surface area contributed by atoms with Gasteiger partial charge in [-0.1, -0.05) is 66.2 Å². The number of anilines is 1. The summed E-state index contributed by atoms with van der Waals surface area (Å²) in [4.78, 5) is 25.2. The summed E-state index contributed by atoms with van der Waals surface area (Å²) in [6.45, 7) is 0.274. The van der Waals surface area contributed by atoms with E-state index in [9.17, 15) is 9.59 Å². The van der Waals surface area contributed by atoms with Gasteiger partial charge in [-0.05, 0) is 30.3 Å². The first-order valence-corrected chi connectivity index (χ1v) is 9.39. The maximum Gasteiger partial charge on any atom is 0.282 e. The summed E-state index contributed by atoms with van der Waals surface area (Å²) in [6.07, 6.45) is 1.54. The van der Waals surface area contributed by atoms with Crippen LogP contribution in [0.15, 0.2) is 84.4 Å². The molecule has 144 valence electrons. The van der Waals surface area contributed by atoms with Crippen molar-refractivity contribution in [3.05, 3.63) is 101 Å². The minimum Gasteiger partial charge on any atom is -0.488 e. The number of hydrogen-bond donors (Lipinski definition) is 1. The van der Waals surface area contributed by atoms with E-state index in [1.165, 1.54) is 5.01 Å². The second-order valence-corrected chi connectivity index (χ2v) is 6.80. The molecule has 1 aliphatic rings. The lowest BCUT2D eigenvalue weighted by Gasteiger charge is -2.14. The summed E-state index contributed by atoms with van der Waals surface area (Å²) in [7, 11) is 0. The molecule has 0 aliphatic carbocycles. The zero-order valence-corrected chi connectivity index (χ0v) is 16.1. The van der Waals surface area contributed by atoms with Crippen LogP contribution in [-0.2, 0) is 16.2 Å². The predicted octanol–water partition coefficient (Wildman–Crippen LogP) is 4.38. The van der Waals surface area contributed by atoms with E-state index in [-0.39, 0.29) is 12.2 Å². The molecule has 0 saturated carbocycles. The highest BCUT2D eigenvalue weighted by Crippen LogP contribution is 2.26. The Labute approximate surface area is 173 Å². The fourth-order valence-electron chi connectivity index (χ4n) is 2.97. The SMILES string of the molecule is O=C1NN(c2ccccc2)C(=O)/C1=C\c1ccccc1OCc1ccccc1Cl. The van der Waals surface area contributed by atoms with E-state index in [0.717, 1.165) is 5.56 Å². The fourth-order valence-corrected chi connectivity index (χ4v) is 3.16. The van der Waals surface area contributed by atoms with Crippen molar-refractivity contribution in [3.8, 4) is 5.75 Å². The van der Waals surface area contributed by atoms with Crippen molar-refractivity contribution in [1.29, 1.82) is 0 Å².